The van der Waals surface area contributed by atoms with Gasteiger partial charge < -0.3 is 5.32 Å². The maximum atomic E-state index is 12.9. The summed E-state index contributed by atoms with van der Waals surface area (Å²) in [4.78, 5) is 3.69. The zero-order chi connectivity index (χ0) is 14.2. The van der Waals surface area contributed by atoms with Gasteiger partial charge in [0.15, 0.2) is 0 Å². The molecule has 1 atom stereocenters. The monoisotopic (exact) mass is 272 g/mol. The van der Waals surface area contributed by atoms with Crippen molar-refractivity contribution < 1.29 is 4.39 Å². The van der Waals surface area contributed by atoms with E-state index in [1.54, 1.807) is 12.3 Å². The highest BCUT2D eigenvalue weighted by Crippen LogP contribution is 2.24. The Balaban J connectivity index is 2.07. The van der Waals surface area contributed by atoms with Crippen LogP contribution in [0.3, 0.4) is 0 Å². The number of aromatic nitrogens is 1. The molecule has 0 aliphatic heterocycles. The van der Waals surface area contributed by atoms with Crippen LogP contribution in [0.1, 0.15) is 44.2 Å². The number of nitrogens with zero attached hydrogens (tertiary/aromatic N) is 1. The van der Waals surface area contributed by atoms with E-state index in [4.69, 9.17) is 0 Å². The Morgan fingerprint density at radius 2 is 1.90 bits per heavy atom. The quantitative estimate of drug-likeness (QED) is 0.569. The molecule has 2 aromatic rings. The van der Waals surface area contributed by atoms with Crippen LogP contribution in [0.25, 0.3) is 0 Å². The Morgan fingerprint density at radius 1 is 1.10 bits per heavy atom. The van der Waals surface area contributed by atoms with E-state index in [-0.39, 0.29) is 6.04 Å². The van der Waals surface area contributed by atoms with Gasteiger partial charge in [0, 0.05) is 0 Å². The summed E-state index contributed by atoms with van der Waals surface area (Å²) in [7, 11) is 0. The normalized spacial score (nSPS) is 12.1. The van der Waals surface area contributed by atoms with E-state index >= 15 is 0 Å². The number of benzene rings is 1. The van der Waals surface area contributed by atoms with E-state index in [1.165, 1.54) is 30.9 Å². The van der Waals surface area contributed by atoms with E-state index in [0.717, 1.165) is 12.1 Å². The Labute approximate surface area is 120 Å². The SMILES string of the molecule is CCCCCC(Nc1ccc(F)nc1)c1ccccc1. The highest BCUT2D eigenvalue weighted by atomic mass is 19.1. The molecule has 0 bridgehead atoms. The van der Waals surface area contributed by atoms with E-state index in [0.29, 0.717) is 0 Å². The molecule has 0 amide bonds. The third-order valence-corrected chi connectivity index (χ3v) is 3.37. The van der Waals surface area contributed by atoms with Crippen molar-refractivity contribution in [1.29, 1.82) is 0 Å². The van der Waals surface area contributed by atoms with Crippen LogP contribution in [0.2, 0.25) is 0 Å². The number of pyridine rings is 1. The fourth-order valence-electron chi connectivity index (χ4n) is 2.27. The summed E-state index contributed by atoms with van der Waals surface area (Å²) in [5, 5.41) is 3.45. The lowest BCUT2D eigenvalue weighted by Crippen LogP contribution is -2.11. The number of nitrogens with one attached hydrogen (secondary N) is 1. The molecule has 1 heterocycles. The molecule has 20 heavy (non-hydrogen) atoms. The first-order valence-electron chi connectivity index (χ1n) is 7.22. The van der Waals surface area contributed by atoms with Crippen molar-refractivity contribution in [3.05, 3.63) is 60.2 Å². The third kappa shape index (κ3) is 4.34. The molecule has 1 unspecified atom stereocenters. The summed E-state index contributed by atoms with van der Waals surface area (Å²) >= 11 is 0. The average molecular weight is 272 g/mol. The molecule has 0 aliphatic carbocycles. The lowest BCUT2D eigenvalue weighted by Gasteiger charge is -2.20. The second-order valence-electron chi connectivity index (χ2n) is 4.97. The van der Waals surface area contributed by atoms with Gasteiger partial charge in [-0.1, -0.05) is 56.5 Å². The summed E-state index contributed by atoms with van der Waals surface area (Å²) in [6, 6.07) is 13.7. The Hall–Kier alpha value is -1.90. The van der Waals surface area contributed by atoms with Gasteiger partial charge in [0.1, 0.15) is 0 Å². The molecule has 106 valence electrons. The molecule has 0 fully saturated rings. The molecule has 0 saturated heterocycles. The van der Waals surface area contributed by atoms with Crippen molar-refractivity contribution in [2.45, 2.75) is 38.6 Å². The first-order chi connectivity index (χ1) is 9.79. The fourth-order valence-corrected chi connectivity index (χ4v) is 2.27. The van der Waals surface area contributed by atoms with Crippen molar-refractivity contribution in [2.75, 3.05) is 5.32 Å². The molecule has 2 rings (SSSR count). The molecule has 1 aromatic heterocycles. The van der Waals surface area contributed by atoms with Gasteiger partial charge in [0.25, 0.3) is 0 Å². The molecule has 0 spiro atoms. The zero-order valence-corrected chi connectivity index (χ0v) is 11.8. The number of halogens is 1. The smallest absolute Gasteiger partial charge is 0.212 e. The number of hydrogen-bond acceptors (Lipinski definition) is 2. The van der Waals surface area contributed by atoms with E-state index in [1.807, 2.05) is 18.2 Å². The predicted molar refractivity (Wildman–Crippen MR) is 81.1 cm³/mol. The van der Waals surface area contributed by atoms with Crippen LogP contribution in [-0.2, 0) is 0 Å². The first-order valence-corrected chi connectivity index (χ1v) is 7.22. The highest BCUT2D eigenvalue weighted by molar-refractivity contribution is 5.43. The van der Waals surface area contributed by atoms with Gasteiger partial charge in [-0.2, -0.15) is 4.39 Å². The maximum absolute atomic E-state index is 12.9. The van der Waals surface area contributed by atoms with Crippen molar-refractivity contribution in [1.82, 2.24) is 4.98 Å². The van der Waals surface area contributed by atoms with Gasteiger partial charge in [-0.3, -0.25) is 0 Å². The van der Waals surface area contributed by atoms with Crippen LogP contribution in [0, 0.1) is 5.95 Å². The maximum Gasteiger partial charge on any atom is 0.212 e. The lowest BCUT2D eigenvalue weighted by atomic mass is 10.0. The van der Waals surface area contributed by atoms with Crippen LogP contribution in [-0.4, -0.2) is 4.98 Å². The van der Waals surface area contributed by atoms with E-state index < -0.39 is 5.95 Å². The summed E-state index contributed by atoms with van der Waals surface area (Å²) in [5.74, 6) is -0.446. The zero-order valence-electron chi connectivity index (χ0n) is 11.8. The van der Waals surface area contributed by atoms with Gasteiger partial charge in [0.05, 0.1) is 17.9 Å². The van der Waals surface area contributed by atoms with Gasteiger partial charge in [0.2, 0.25) is 5.95 Å². The predicted octanol–water partition coefficient (Wildman–Crippen LogP) is 4.95. The minimum Gasteiger partial charge on any atom is -0.377 e. The van der Waals surface area contributed by atoms with Crippen LogP contribution < -0.4 is 5.32 Å². The number of rotatable bonds is 7. The summed E-state index contributed by atoms with van der Waals surface area (Å²) in [5.41, 5.74) is 2.12. The molecule has 0 radical (unpaired) electrons. The van der Waals surface area contributed by atoms with E-state index in [9.17, 15) is 4.39 Å². The highest BCUT2D eigenvalue weighted by Gasteiger charge is 2.10. The third-order valence-electron chi connectivity index (χ3n) is 3.37. The lowest BCUT2D eigenvalue weighted by molar-refractivity contribution is 0.582. The molecule has 1 aromatic carbocycles. The number of unbranched alkanes of at least 4 members (excludes halogenated alkanes) is 2. The van der Waals surface area contributed by atoms with Gasteiger partial charge in [-0.15, -0.1) is 0 Å². The number of anilines is 1. The van der Waals surface area contributed by atoms with Crippen molar-refractivity contribution in [3.8, 4) is 0 Å². The molecule has 1 N–H and O–H groups in total. The largest absolute Gasteiger partial charge is 0.377 e. The average Bonchev–Trinajstić information content (AvgIpc) is 2.49. The molecular weight excluding hydrogens is 251 g/mol. The molecule has 0 saturated carbocycles. The van der Waals surface area contributed by atoms with Crippen LogP contribution in [0.15, 0.2) is 48.7 Å². The summed E-state index contributed by atoms with van der Waals surface area (Å²) in [6.07, 6.45) is 6.23. The molecule has 0 aliphatic rings. The minimum absolute atomic E-state index is 0.245. The van der Waals surface area contributed by atoms with Gasteiger partial charge >= 0.3 is 0 Å². The topological polar surface area (TPSA) is 24.9 Å². The Bertz CT molecular complexity index is 496. The Kier molecular flexibility index (Phi) is 5.54. The van der Waals surface area contributed by atoms with Crippen LogP contribution in [0.5, 0.6) is 0 Å². The molecule has 2 nitrogen and oxygen atoms in total. The molecule has 3 heteroatoms. The standard InChI is InChI=1S/C17H21FN2/c1-2-3-5-10-16(14-8-6-4-7-9-14)20-15-11-12-17(18)19-13-15/h4,6-9,11-13,16,20H,2-3,5,10H2,1H3. The fraction of sp³-hybridized carbons (Fsp3) is 0.353. The van der Waals surface area contributed by atoms with Crippen molar-refractivity contribution in [2.24, 2.45) is 0 Å². The van der Waals surface area contributed by atoms with Crippen LogP contribution >= 0.6 is 0 Å². The number of hydrogen-bond donors (Lipinski definition) is 1. The van der Waals surface area contributed by atoms with Gasteiger partial charge in [-0.25, -0.2) is 4.98 Å². The van der Waals surface area contributed by atoms with Crippen LogP contribution in [0.4, 0.5) is 10.1 Å². The van der Waals surface area contributed by atoms with Gasteiger partial charge in [-0.05, 0) is 24.1 Å². The van der Waals surface area contributed by atoms with E-state index in [2.05, 4.69) is 29.4 Å². The summed E-state index contributed by atoms with van der Waals surface area (Å²) in [6.45, 7) is 2.20. The van der Waals surface area contributed by atoms with Crippen molar-refractivity contribution >= 4 is 5.69 Å². The molecular formula is C17H21FN2. The minimum atomic E-state index is -0.446. The first kappa shape index (κ1) is 14.5. The Morgan fingerprint density at radius 3 is 2.55 bits per heavy atom. The second kappa shape index (κ2) is 7.63. The second-order valence-corrected chi connectivity index (χ2v) is 4.97. The van der Waals surface area contributed by atoms with Crippen molar-refractivity contribution in [3.63, 3.8) is 0 Å². The summed E-state index contributed by atoms with van der Waals surface area (Å²) < 4.78 is 12.9.